The molecular formula is C23H19F3O4. The van der Waals surface area contributed by atoms with Gasteiger partial charge < -0.3 is 14.6 Å². The SMILES string of the molecule is CCOc1cc(CC(=O)O)cc(Oc2ccc(-c3ccc(C(F)(F)F)cc3)cc2)c1. The first-order chi connectivity index (χ1) is 14.2. The van der Waals surface area contributed by atoms with E-state index in [1.165, 1.54) is 12.1 Å². The number of benzene rings is 3. The second kappa shape index (κ2) is 8.90. The van der Waals surface area contributed by atoms with Crippen LogP contribution in [0.3, 0.4) is 0 Å². The first-order valence-corrected chi connectivity index (χ1v) is 9.18. The minimum Gasteiger partial charge on any atom is -0.494 e. The summed E-state index contributed by atoms with van der Waals surface area (Å²) in [4.78, 5) is 11.0. The number of rotatable bonds is 7. The van der Waals surface area contributed by atoms with E-state index in [1.54, 1.807) is 42.5 Å². The van der Waals surface area contributed by atoms with Crippen molar-refractivity contribution >= 4 is 5.97 Å². The Balaban J connectivity index is 1.78. The van der Waals surface area contributed by atoms with Gasteiger partial charge in [-0.1, -0.05) is 24.3 Å². The highest BCUT2D eigenvalue weighted by Crippen LogP contribution is 2.32. The predicted molar refractivity (Wildman–Crippen MR) is 106 cm³/mol. The highest BCUT2D eigenvalue weighted by atomic mass is 19.4. The largest absolute Gasteiger partial charge is 0.494 e. The van der Waals surface area contributed by atoms with Crippen molar-refractivity contribution in [2.75, 3.05) is 6.61 Å². The van der Waals surface area contributed by atoms with E-state index in [-0.39, 0.29) is 6.42 Å². The standard InChI is InChI=1S/C23H19F3O4/c1-2-29-20-11-15(13-22(27)28)12-21(14-20)30-19-9-5-17(6-10-19)16-3-7-18(8-4-16)23(24,25)26/h3-12,14H,2,13H2,1H3,(H,27,28). The molecule has 0 aliphatic rings. The highest BCUT2D eigenvalue weighted by Gasteiger charge is 2.29. The summed E-state index contributed by atoms with van der Waals surface area (Å²) < 4.78 is 49.4. The lowest BCUT2D eigenvalue weighted by Gasteiger charge is -2.12. The van der Waals surface area contributed by atoms with Gasteiger partial charge in [-0.25, -0.2) is 0 Å². The van der Waals surface area contributed by atoms with Crippen molar-refractivity contribution in [1.82, 2.24) is 0 Å². The smallest absolute Gasteiger partial charge is 0.416 e. The third-order valence-corrected chi connectivity index (χ3v) is 4.24. The minimum atomic E-state index is -4.37. The van der Waals surface area contributed by atoms with Gasteiger partial charge >= 0.3 is 12.1 Å². The van der Waals surface area contributed by atoms with Crippen LogP contribution in [0, 0.1) is 0 Å². The van der Waals surface area contributed by atoms with E-state index in [0.717, 1.165) is 17.7 Å². The third kappa shape index (κ3) is 5.53. The molecule has 0 bridgehead atoms. The molecule has 7 heteroatoms. The van der Waals surface area contributed by atoms with E-state index in [9.17, 15) is 18.0 Å². The Bertz CT molecular complexity index is 1010. The molecule has 0 heterocycles. The number of carbonyl (C=O) groups is 1. The lowest BCUT2D eigenvalue weighted by atomic mass is 10.0. The van der Waals surface area contributed by atoms with Gasteiger partial charge in [-0.2, -0.15) is 13.2 Å². The Labute approximate surface area is 171 Å². The van der Waals surface area contributed by atoms with Crippen molar-refractivity contribution in [3.63, 3.8) is 0 Å². The molecule has 30 heavy (non-hydrogen) atoms. The molecule has 3 aromatic rings. The Hall–Kier alpha value is -3.48. The summed E-state index contributed by atoms with van der Waals surface area (Å²) in [6.45, 7) is 2.25. The predicted octanol–water partition coefficient (Wildman–Crippen LogP) is 6.19. The molecule has 0 radical (unpaired) electrons. The average molecular weight is 416 g/mol. The van der Waals surface area contributed by atoms with Crippen molar-refractivity contribution in [3.05, 3.63) is 77.9 Å². The zero-order chi connectivity index (χ0) is 21.7. The van der Waals surface area contributed by atoms with Gasteiger partial charge in [0.2, 0.25) is 0 Å². The van der Waals surface area contributed by atoms with Gasteiger partial charge in [-0.15, -0.1) is 0 Å². The van der Waals surface area contributed by atoms with E-state index in [0.29, 0.717) is 35.0 Å². The number of hydrogen-bond donors (Lipinski definition) is 1. The third-order valence-electron chi connectivity index (χ3n) is 4.24. The molecule has 0 fully saturated rings. The van der Waals surface area contributed by atoms with Crippen molar-refractivity contribution in [3.8, 4) is 28.4 Å². The average Bonchev–Trinajstić information content (AvgIpc) is 2.68. The zero-order valence-electron chi connectivity index (χ0n) is 16.1. The van der Waals surface area contributed by atoms with Gasteiger partial charge in [0.1, 0.15) is 17.2 Å². The second-order valence-electron chi connectivity index (χ2n) is 6.52. The Morgan fingerprint density at radius 3 is 1.97 bits per heavy atom. The van der Waals surface area contributed by atoms with E-state index < -0.39 is 17.7 Å². The maximum atomic E-state index is 12.7. The second-order valence-corrected chi connectivity index (χ2v) is 6.52. The quantitative estimate of drug-likeness (QED) is 0.499. The van der Waals surface area contributed by atoms with Crippen molar-refractivity contribution in [2.24, 2.45) is 0 Å². The van der Waals surface area contributed by atoms with Crippen molar-refractivity contribution < 1.29 is 32.5 Å². The first-order valence-electron chi connectivity index (χ1n) is 9.18. The topological polar surface area (TPSA) is 55.8 Å². The molecule has 0 atom stereocenters. The van der Waals surface area contributed by atoms with Crippen LogP contribution in [0.1, 0.15) is 18.1 Å². The molecule has 0 amide bonds. The fourth-order valence-electron chi connectivity index (χ4n) is 2.92. The lowest BCUT2D eigenvalue weighted by Crippen LogP contribution is -2.03. The monoisotopic (exact) mass is 416 g/mol. The molecule has 0 unspecified atom stereocenters. The van der Waals surface area contributed by atoms with E-state index in [1.807, 2.05) is 6.92 Å². The molecule has 0 saturated heterocycles. The molecule has 0 saturated carbocycles. The maximum absolute atomic E-state index is 12.7. The fourth-order valence-corrected chi connectivity index (χ4v) is 2.92. The van der Waals surface area contributed by atoms with Crippen LogP contribution in [-0.4, -0.2) is 17.7 Å². The number of hydrogen-bond acceptors (Lipinski definition) is 3. The van der Waals surface area contributed by atoms with Gasteiger partial charge in [0, 0.05) is 6.07 Å². The summed E-state index contributed by atoms with van der Waals surface area (Å²) in [7, 11) is 0. The normalized spacial score (nSPS) is 11.2. The van der Waals surface area contributed by atoms with Crippen LogP contribution in [0.2, 0.25) is 0 Å². The van der Waals surface area contributed by atoms with E-state index in [4.69, 9.17) is 14.6 Å². The van der Waals surface area contributed by atoms with Crippen LogP contribution in [0.25, 0.3) is 11.1 Å². The van der Waals surface area contributed by atoms with Crippen LogP contribution in [0.4, 0.5) is 13.2 Å². The Kier molecular flexibility index (Phi) is 6.30. The number of aliphatic carboxylic acids is 1. The summed E-state index contributed by atoms with van der Waals surface area (Å²) in [5.74, 6) is 0.475. The summed E-state index contributed by atoms with van der Waals surface area (Å²) in [6.07, 6.45) is -4.53. The van der Waals surface area contributed by atoms with E-state index >= 15 is 0 Å². The zero-order valence-corrected chi connectivity index (χ0v) is 16.1. The van der Waals surface area contributed by atoms with Gasteiger partial charge in [0.25, 0.3) is 0 Å². The Morgan fingerprint density at radius 2 is 1.43 bits per heavy atom. The van der Waals surface area contributed by atoms with Crippen LogP contribution in [-0.2, 0) is 17.4 Å². The molecule has 156 valence electrons. The number of alkyl halides is 3. The summed E-state index contributed by atoms with van der Waals surface area (Å²) in [5, 5.41) is 9.02. The number of ether oxygens (including phenoxy) is 2. The maximum Gasteiger partial charge on any atom is 0.416 e. The molecule has 0 aromatic heterocycles. The van der Waals surface area contributed by atoms with Crippen molar-refractivity contribution in [2.45, 2.75) is 19.5 Å². The molecular weight excluding hydrogens is 397 g/mol. The van der Waals surface area contributed by atoms with Gasteiger partial charge in [-0.05, 0) is 60.0 Å². The summed E-state index contributed by atoms with van der Waals surface area (Å²) >= 11 is 0. The van der Waals surface area contributed by atoms with E-state index in [2.05, 4.69) is 0 Å². The number of carboxylic acid groups (broad SMARTS) is 1. The molecule has 1 N–H and O–H groups in total. The first kappa shape index (κ1) is 21.2. The molecule has 3 rings (SSSR count). The van der Waals surface area contributed by atoms with Crippen LogP contribution < -0.4 is 9.47 Å². The molecule has 0 aliphatic heterocycles. The van der Waals surface area contributed by atoms with Gasteiger partial charge in [-0.3, -0.25) is 4.79 Å². The number of halogens is 3. The minimum absolute atomic E-state index is 0.163. The summed E-state index contributed by atoms with van der Waals surface area (Å²) in [6, 6.07) is 16.7. The van der Waals surface area contributed by atoms with Crippen LogP contribution >= 0.6 is 0 Å². The van der Waals surface area contributed by atoms with Gasteiger partial charge in [0.05, 0.1) is 18.6 Å². The van der Waals surface area contributed by atoms with Crippen molar-refractivity contribution in [1.29, 1.82) is 0 Å². The molecule has 0 aliphatic carbocycles. The Morgan fingerprint density at radius 1 is 0.867 bits per heavy atom. The summed E-state index contributed by atoms with van der Waals surface area (Å²) in [5.41, 5.74) is 1.24. The number of carboxylic acids is 1. The lowest BCUT2D eigenvalue weighted by molar-refractivity contribution is -0.138. The molecule has 0 spiro atoms. The molecule has 3 aromatic carbocycles. The van der Waals surface area contributed by atoms with Crippen LogP contribution in [0.5, 0.6) is 17.2 Å². The van der Waals surface area contributed by atoms with Crippen LogP contribution in [0.15, 0.2) is 66.7 Å². The van der Waals surface area contributed by atoms with Gasteiger partial charge in [0.15, 0.2) is 0 Å². The highest BCUT2D eigenvalue weighted by molar-refractivity contribution is 5.70. The molecule has 4 nitrogen and oxygen atoms in total. The fraction of sp³-hybridized carbons (Fsp3) is 0.174.